The highest BCUT2D eigenvalue weighted by molar-refractivity contribution is 5.32. The standard InChI is InChI=1S/C13H17NO2/c1-13(14,12(16)10-4-5-10)8-9-2-6-11(15)7-3-9/h2-3,6-7,15-16H,4-5,8,14H2,1H3/t13-/m0/s1. The Morgan fingerprint density at radius 1 is 1.31 bits per heavy atom. The number of phenols is 1. The summed E-state index contributed by atoms with van der Waals surface area (Å²) in [6.07, 6.45) is 2.50. The monoisotopic (exact) mass is 219 g/mol. The van der Waals surface area contributed by atoms with Crippen molar-refractivity contribution in [3.63, 3.8) is 0 Å². The Hall–Kier alpha value is -1.48. The zero-order chi connectivity index (χ0) is 11.8. The number of hydrogen-bond acceptors (Lipinski definition) is 3. The highest BCUT2D eigenvalue weighted by atomic mass is 16.3. The lowest BCUT2D eigenvalue weighted by Gasteiger charge is -2.24. The number of aliphatic hydroxyl groups excluding tert-OH is 1. The summed E-state index contributed by atoms with van der Waals surface area (Å²) >= 11 is 0. The molecule has 1 aromatic carbocycles. The van der Waals surface area contributed by atoms with Crippen LogP contribution in [0.2, 0.25) is 0 Å². The van der Waals surface area contributed by atoms with Crippen molar-refractivity contribution in [2.45, 2.75) is 31.7 Å². The molecular formula is C13H17NO2. The Morgan fingerprint density at radius 3 is 2.38 bits per heavy atom. The van der Waals surface area contributed by atoms with E-state index in [9.17, 15) is 10.2 Å². The van der Waals surface area contributed by atoms with Gasteiger partial charge in [-0.15, -0.1) is 0 Å². The fraction of sp³-hybridized carbons (Fsp3) is 0.385. The molecular weight excluding hydrogens is 202 g/mol. The number of nitrogens with two attached hydrogens (primary N) is 1. The van der Waals surface area contributed by atoms with Crippen LogP contribution in [0.25, 0.3) is 0 Å². The highest BCUT2D eigenvalue weighted by Gasteiger charge is 2.30. The van der Waals surface area contributed by atoms with E-state index in [1.54, 1.807) is 12.1 Å². The summed E-state index contributed by atoms with van der Waals surface area (Å²) < 4.78 is 0. The molecule has 0 bridgehead atoms. The molecule has 0 aromatic heterocycles. The molecule has 0 saturated heterocycles. The maximum atomic E-state index is 9.94. The van der Waals surface area contributed by atoms with E-state index >= 15 is 0 Å². The molecule has 4 N–H and O–H groups in total. The maximum absolute atomic E-state index is 9.94. The molecule has 1 aliphatic carbocycles. The van der Waals surface area contributed by atoms with Crippen LogP contribution in [0.3, 0.4) is 0 Å². The van der Waals surface area contributed by atoms with Crippen LogP contribution >= 0.6 is 0 Å². The topological polar surface area (TPSA) is 66.5 Å². The summed E-state index contributed by atoms with van der Waals surface area (Å²) in [6.45, 7) is 1.83. The number of aliphatic hydroxyl groups is 1. The fourth-order valence-electron chi connectivity index (χ4n) is 1.82. The van der Waals surface area contributed by atoms with Gasteiger partial charge in [0.1, 0.15) is 11.5 Å². The summed E-state index contributed by atoms with van der Waals surface area (Å²) in [5.41, 5.74) is 7.48. The van der Waals surface area contributed by atoms with Gasteiger partial charge in [0.05, 0.1) is 5.54 Å². The van der Waals surface area contributed by atoms with Crippen LogP contribution in [0.4, 0.5) is 0 Å². The van der Waals surface area contributed by atoms with E-state index in [0.29, 0.717) is 12.2 Å². The number of allylic oxidation sites excluding steroid dienone is 1. The first-order valence-corrected chi connectivity index (χ1v) is 5.47. The van der Waals surface area contributed by atoms with Crippen molar-refractivity contribution in [2.24, 2.45) is 5.73 Å². The highest BCUT2D eigenvalue weighted by Crippen LogP contribution is 2.35. The first-order valence-electron chi connectivity index (χ1n) is 5.47. The van der Waals surface area contributed by atoms with Gasteiger partial charge in [0.15, 0.2) is 0 Å². The third kappa shape index (κ3) is 2.36. The fourth-order valence-corrected chi connectivity index (χ4v) is 1.82. The van der Waals surface area contributed by atoms with Gasteiger partial charge in [-0.3, -0.25) is 0 Å². The molecule has 1 saturated carbocycles. The molecule has 16 heavy (non-hydrogen) atoms. The van der Waals surface area contributed by atoms with Crippen molar-refractivity contribution >= 4 is 0 Å². The van der Waals surface area contributed by atoms with E-state index in [4.69, 9.17) is 5.73 Å². The Labute approximate surface area is 95.2 Å². The van der Waals surface area contributed by atoms with Gasteiger partial charge in [-0.05, 0) is 49.5 Å². The van der Waals surface area contributed by atoms with Gasteiger partial charge in [-0.25, -0.2) is 0 Å². The lowest BCUT2D eigenvalue weighted by molar-refractivity contribution is 0.304. The minimum absolute atomic E-state index is 0.243. The van der Waals surface area contributed by atoms with Crippen LogP contribution in [0.1, 0.15) is 25.3 Å². The Bertz CT molecular complexity index is 412. The van der Waals surface area contributed by atoms with E-state index in [1.165, 1.54) is 0 Å². The van der Waals surface area contributed by atoms with Crippen LogP contribution < -0.4 is 5.73 Å². The number of rotatable bonds is 3. The second kappa shape index (κ2) is 3.83. The SMILES string of the molecule is C[C@](N)(Cc1ccc(O)cc1)C(O)=C1CC1. The predicted molar refractivity (Wildman–Crippen MR) is 63.3 cm³/mol. The van der Waals surface area contributed by atoms with Crippen molar-refractivity contribution in [2.75, 3.05) is 0 Å². The summed E-state index contributed by atoms with van der Waals surface area (Å²) in [5, 5.41) is 19.1. The largest absolute Gasteiger partial charge is 0.510 e. The zero-order valence-corrected chi connectivity index (χ0v) is 9.40. The molecule has 1 fully saturated rings. The molecule has 0 unspecified atom stereocenters. The normalized spacial score (nSPS) is 18.0. The second-order valence-corrected chi connectivity index (χ2v) is 4.71. The average molecular weight is 219 g/mol. The minimum atomic E-state index is -0.706. The summed E-state index contributed by atoms with van der Waals surface area (Å²) in [5.74, 6) is 0.577. The number of aromatic hydroxyl groups is 1. The van der Waals surface area contributed by atoms with E-state index in [0.717, 1.165) is 24.0 Å². The predicted octanol–water partition coefficient (Wildman–Crippen LogP) is 2.26. The molecule has 1 aliphatic rings. The van der Waals surface area contributed by atoms with Crippen molar-refractivity contribution in [1.82, 2.24) is 0 Å². The number of benzene rings is 1. The molecule has 3 nitrogen and oxygen atoms in total. The van der Waals surface area contributed by atoms with Crippen molar-refractivity contribution < 1.29 is 10.2 Å². The van der Waals surface area contributed by atoms with Crippen LogP contribution in [-0.2, 0) is 6.42 Å². The molecule has 0 heterocycles. The molecule has 0 radical (unpaired) electrons. The van der Waals surface area contributed by atoms with E-state index < -0.39 is 5.54 Å². The molecule has 3 heteroatoms. The third-order valence-electron chi connectivity index (χ3n) is 2.88. The van der Waals surface area contributed by atoms with Gasteiger partial charge in [0.2, 0.25) is 0 Å². The molecule has 0 aliphatic heterocycles. The van der Waals surface area contributed by atoms with Crippen molar-refractivity contribution in [3.05, 3.63) is 41.2 Å². The molecule has 86 valence electrons. The van der Waals surface area contributed by atoms with Crippen molar-refractivity contribution in [3.8, 4) is 5.75 Å². The molecule has 0 spiro atoms. The van der Waals surface area contributed by atoms with Gasteiger partial charge in [0.25, 0.3) is 0 Å². The van der Waals surface area contributed by atoms with E-state index in [-0.39, 0.29) is 5.75 Å². The van der Waals surface area contributed by atoms with Crippen LogP contribution in [0, 0.1) is 0 Å². The van der Waals surface area contributed by atoms with Crippen LogP contribution in [0.15, 0.2) is 35.6 Å². The van der Waals surface area contributed by atoms with Gasteiger partial charge < -0.3 is 15.9 Å². The quantitative estimate of drug-likeness (QED) is 0.683. The Morgan fingerprint density at radius 2 is 1.88 bits per heavy atom. The lowest BCUT2D eigenvalue weighted by Crippen LogP contribution is -2.40. The zero-order valence-electron chi connectivity index (χ0n) is 9.40. The third-order valence-corrected chi connectivity index (χ3v) is 2.88. The second-order valence-electron chi connectivity index (χ2n) is 4.71. The van der Waals surface area contributed by atoms with E-state index in [1.807, 2.05) is 19.1 Å². The molecule has 2 rings (SSSR count). The summed E-state index contributed by atoms with van der Waals surface area (Å²) in [6, 6.07) is 6.91. The van der Waals surface area contributed by atoms with Gasteiger partial charge in [-0.1, -0.05) is 12.1 Å². The van der Waals surface area contributed by atoms with E-state index in [2.05, 4.69) is 0 Å². The smallest absolute Gasteiger partial charge is 0.115 e. The van der Waals surface area contributed by atoms with Gasteiger partial charge in [0, 0.05) is 0 Å². The van der Waals surface area contributed by atoms with Gasteiger partial charge >= 0.3 is 0 Å². The number of phenolic OH excluding ortho intramolecular Hbond substituents is 1. The molecule has 1 aromatic rings. The Balaban J connectivity index is 2.14. The average Bonchev–Trinajstić information content (AvgIpc) is 3.03. The van der Waals surface area contributed by atoms with Crippen LogP contribution in [0.5, 0.6) is 5.75 Å². The maximum Gasteiger partial charge on any atom is 0.115 e. The summed E-state index contributed by atoms with van der Waals surface area (Å²) in [7, 11) is 0. The van der Waals surface area contributed by atoms with Crippen molar-refractivity contribution in [1.29, 1.82) is 0 Å². The first kappa shape index (κ1) is 11.0. The first-order chi connectivity index (χ1) is 7.49. The molecule has 0 amide bonds. The Kier molecular flexibility index (Phi) is 2.64. The number of hydrogen-bond donors (Lipinski definition) is 3. The van der Waals surface area contributed by atoms with Gasteiger partial charge in [-0.2, -0.15) is 0 Å². The molecule has 1 atom stereocenters. The van der Waals surface area contributed by atoms with Crippen LogP contribution in [-0.4, -0.2) is 15.8 Å². The minimum Gasteiger partial charge on any atom is -0.510 e. The lowest BCUT2D eigenvalue weighted by atomic mass is 9.91. The summed E-state index contributed by atoms with van der Waals surface area (Å²) in [4.78, 5) is 0.